The monoisotopic (exact) mass is 1200 g/mol. The first-order chi connectivity index (χ1) is 41.4. The molecule has 86 heavy (non-hydrogen) atoms. The van der Waals surface area contributed by atoms with Gasteiger partial charge in [-0.25, -0.2) is 18.1 Å². The van der Waals surface area contributed by atoms with Crippen LogP contribution < -0.4 is 25.0 Å². The van der Waals surface area contributed by atoms with E-state index in [0.29, 0.717) is 48.0 Å². The number of sulfonamides is 1. The highest BCUT2D eigenvalue weighted by molar-refractivity contribution is 7.90. The van der Waals surface area contributed by atoms with Crippen LogP contribution in [0.2, 0.25) is 5.02 Å². The second-order valence-corrected chi connectivity index (χ2v) is 25.7. The van der Waals surface area contributed by atoms with Gasteiger partial charge in [0.1, 0.15) is 28.9 Å². The van der Waals surface area contributed by atoms with Gasteiger partial charge in [-0.2, -0.15) is 0 Å². The van der Waals surface area contributed by atoms with E-state index in [1.807, 2.05) is 18.2 Å². The number of carbonyl (C=O) groups excluding carboxylic acids is 5. The van der Waals surface area contributed by atoms with Gasteiger partial charge in [0.05, 0.1) is 32.7 Å². The predicted molar refractivity (Wildman–Crippen MR) is 327 cm³/mol. The smallest absolute Gasteiger partial charge is 0.293 e. The molecule has 20 nitrogen and oxygen atoms in total. The number of carbonyl (C=O) groups is 5. The number of imide groups is 2. The van der Waals surface area contributed by atoms with Crippen molar-refractivity contribution in [2.75, 3.05) is 69.1 Å². The van der Waals surface area contributed by atoms with Gasteiger partial charge in [0.2, 0.25) is 11.8 Å². The summed E-state index contributed by atoms with van der Waals surface area (Å²) in [5.74, 6) is 3.48. The van der Waals surface area contributed by atoms with Gasteiger partial charge in [0.15, 0.2) is 0 Å². The van der Waals surface area contributed by atoms with Gasteiger partial charge < -0.3 is 24.8 Å². The van der Waals surface area contributed by atoms with Gasteiger partial charge in [0, 0.05) is 98.6 Å². The molecule has 1 aliphatic carbocycles. The summed E-state index contributed by atoms with van der Waals surface area (Å²) in [6.45, 7) is 11.3. The Morgan fingerprint density at radius 3 is 2.52 bits per heavy atom. The van der Waals surface area contributed by atoms with Crippen molar-refractivity contribution >= 4 is 84.8 Å². The number of H-pyrrole nitrogens is 1. The van der Waals surface area contributed by atoms with E-state index in [-0.39, 0.29) is 52.3 Å². The van der Waals surface area contributed by atoms with Crippen molar-refractivity contribution in [3.8, 4) is 23.3 Å². The van der Waals surface area contributed by atoms with Crippen molar-refractivity contribution in [1.29, 1.82) is 0 Å². The number of hydrogen-bond acceptors (Lipinski definition) is 15. The maximum Gasteiger partial charge on any atom is 0.293 e. The Morgan fingerprint density at radius 1 is 0.919 bits per heavy atom. The Labute approximate surface area is 503 Å². The van der Waals surface area contributed by atoms with Crippen LogP contribution in [0.25, 0.3) is 16.6 Å². The zero-order valence-corrected chi connectivity index (χ0v) is 49.5. The van der Waals surface area contributed by atoms with Crippen molar-refractivity contribution in [1.82, 2.24) is 34.7 Å². The molecule has 22 heteroatoms. The zero-order chi connectivity index (χ0) is 60.3. The molecule has 4 N–H and O–H groups in total. The summed E-state index contributed by atoms with van der Waals surface area (Å²) in [5.41, 5.74) is 6.05. The molecule has 0 radical (unpaired) electrons. The number of pyridine rings is 1. The Morgan fingerprint density at radius 2 is 1.73 bits per heavy atom. The number of nitro groups is 1. The summed E-state index contributed by atoms with van der Waals surface area (Å²) >= 11 is 6.27. The molecule has 446 valence electrons. The average Bonchev–Trinajstić information content (AvgIpc) is 1.75. The molecule has 0 spiro atoms. The molecule has 2 aromatic heterocycles. The number of nitro benzene ring substituents is 1. The van der Waals surface area contributed by atoms with Crippen molar-refractivity contribution in [2.45, 2.75) is 89.0 Å². The largest absolute Gasteiger partial charge is 0.455 e. The zero-order valence-electron chi connectivity index (χ0n) is 48.0. The first kappa shape index (κ1) is 59.3. The standard InChI is InChI=1S/C64H67ClN10O10S/c1-64(2)25-23-45(52(36-64)42-13-15-46(65)16-14-42)40-72-29-31-73(32-30-72)47-17-19-50(56(34-47)85-48-33-44-24-26-66-59(44)68-38-48)60(77)70-86(83,84)49-18-20-53(55(35-49)75(81)82)67-37-41-9-8-28-71(39-41)27-6-4-3-5-10-43-11-7-12-51-58(43)63(80)74(62(51)79)54-21-22-57(76)69-61(54)78/h7,11-20,24,26,33-35,38,41,54,67H,3-4,6,8-9,21-23,25,27-32,36-37,39-40H2,1-2H3,(H,66,68)(H,70,77)(H,69,76,78). The van der Waals surface area contributed by atoms with Crippen LogP contribution in [0.3, 0.4) is 0 Å². The molecule has 6 heterocycles. The highest BCUT2D eigenvalue weighted by Crippen LogP contribution is 2.44. The number of anilines is 2. The first-order valence-electron chi connectivity index (χ1n) is 29.2. The molecule has 4 aromatic carbocycles. The minimum Gasteiger partial charge on any atom is -0.455 e. The van der Waals surface area contributed by atoms with E-state index >= 15 is 0 Å². The van der Waals surface area contributed by atoms with Gasteiger partial charge in [-0.3, -0.25) is 49.2 Å². The third-order valence-corrected chi connectivity index (χ3v) is 18.5. The van der Waals surface area contributed by atoms with E-state index in [1.54, 1.807) is 36.5 Å². The molecule has 0 bridgehead atoms. The number of aromatic amines is 1. The number of ether oxygens (including phenoxy) is 1. The summed E-state index contributed by atoms with van der Waals surface area (Å²) < 4.78 is 36.5. The molecular weight excluding hydrogens is 1140 g/mol. The molecule has 0 saturated carbocycles. The average molecular weight is 1200 g/mol. The third kappa shape index (κ3) is 13.3. The van der Waals surface area contributed by atoms with Gasteiger partial charge in [0.25, 0.3) is 33.4 Å². The van der Waals surface area contributed by atoms with E-state index in [4.69, 9.17) is 16.3 Å². The first-order valence-corrected chi connectivity index (χ1v) is 31.1. The number of likely N-dealkylation sites (tertiary alicyclic amines) is 1. The maximum absolute atomic E-state index is 14.2. The van der Waals surface area contributed by atoms with Crippen LogP contribution in [0.4, 0.5) is 17.1 Å². The van der Waals surface area contributed by atoms with E-state index < -0.39 is 61.1 Å². The molecule has 2 unspecified atom stereocenters. The Kier molecular flexibility index (Phi) is 17.4. The van der Waals surface area contributed by atoms with Crippen LogP contribution in [0.15, 0.2) is 114 Å². The van der Waals surface area contributed by atoms with Crippen LogP contribution in [0.5, 0.6) is 11.5 Å². The topological polar surface area (TPSA) is 250 Å². The normalized spacial score (nSPS) is 19.2. The van der Waals surface area contributed by atoms with E-state index in [1.165, 1.54) is 47.2 Å². The van der Waals surface area contributed by atoms with Crippen molar-refractivity contribution in [3.05, 3.63) is 152 Å². The number of unbranched alkanes of at least 4 members (excludes halogenated alkanes) is 2. The number of hydrogen-bond donors (Lipinski definition) is 4. The number of rotatable bonds is 18. The Balaban J connectivity index is 0.700. The molecule has 4 aliphatic heterocycles. The lowest BCUT2D eigenvalue weighted by Gasteiger charge is -2.39. The van der Waals surface area contributed by atoms with E-state index in [0.717, 1.165) is 106 Å². The number of amides is 5. The van der Waals surface area contributed by atoms with Crippen LogP contribution in [-0.4, -0.2) is 132 Å². The minimum absolute atomic E-state index is 0.0307. The third-order valence-electron chi connectivity index (χ3n) is 16.9. The fraction of sp³-hybridized carbons (Fsp3) is 0.375. The van der Waals surface area contributed by atoms with Crippen LogP contribution in [0.1, 0.15) is 120 Å². The molecular formula is C64H67ClN10O10S. The van der Waals surface area contributed by atoms with Crippen LogP contribution >= 0.6 is 11.6 Å². The number of nitrogens with one attached hydrogen (secondary N) is 4. The molecule has 5 amide bonds. The quantitative estimate of drug-likeness (QED) is 0.0206. The number of benzene rings is 4. The van der Waals surface area contributed by atoms with Gasteiger partial charge in [-0.05, 0) is 148 Å². The maximum atomic E-state index is 14.2. The van der Waals surface area contributed by atoms with Crippen molar-refractivity contribution in [2.24, 2.45) is 11.3 Å². The Bertz CT molecular complexity index is 3880. The summed E-state index contributed by atoms with van der Waals surface area (Å²) in [6.07, 6.45) is 10.5. The molecule has 6 aromatic rings. The number of piperidine rings is 2. The van der Waals surface area contributed by atoms with Crippen molar-refractivity contribution in [3.63, 3.8) is 0 Å². The lowest BCUT2D eigenvalue weighted by molar-refractivity contribution is -0.384. The number of nitrogens with zero attached hydrogens (tertiary/aromatic N) is 6. The number of halogens is 1. The fourth-order valence-electron chi connectivity index (χ4n) is 12.3. The molecule has 11 rings (SSSR count). The van der Waals surface area contributed by atoms with Crippen LogP contribution in [-0.2, 0) is 19.6 Å². The summed E-state index contributed by atoms with van der Waals surface area (Å²) in [4.78, 5) is 92.0. The minimum atomic E-state index is -4.65. The second-order valence-electron chi connectivity index (χ2n) is 23.6. The second kappa shape index (κ2) is 25.3. The van der Waals surface area contributed by atoms with Crippen molar-refractivity contribution < 1.29 is 42.1 Å². The van der Waals surface area contributed by atoms with Gasteiger partial charge in [-0.1, -0.05) is 61.1 Å². The molecule has 3 saturated heterocycles. The van der Waals surface area contributed by atoms with Gasteiger partial charge >= 0.3 is 0 Å². The number of piperazine rings is 1. The van der Waals surface area contributed by atoms with Gasteiger partial charge in [-0.15, -0.1) is 0 Å². The highest BCUT2D eigenvalue weighted by Gasteiger charge is 2.45. The summed E-state index contributed by atoms with van der Waals surface area (Å²) in [7, 11) is -4.65. The number of fused-ring (bicyclic) bond motifs is 2. The van der Waals surface area contributed by atoms with E-state index in [2.05, 4.69) is 77.8 Å². The van der Waals surface area contributed by atoms with Crippen LogP contribution in [0, 0.1) is 33.3 Å². The predicted octanol–water partition coefficient (Wildman–Crippen LogP) is 9.57. The highest BCUT2D eigenvalue weighted by atomic mass is 35.5. The molecule has 2 atom stereocenters. The molecule has 3 fully saturated rings. The SMILES string of the molecule is CC1(C)CCC(CN2CCN(c3ccc(C(=O)NS(=O)(=O)c4ccc(NCC5CCCN(CCCCC#Cc6cccc7c6C(=O)N(C6CCC(=O)NC6=O)C7=O)C5)c([N+](=O)[O-])c4)c(Oc4cnc5[nH]ccc5c4)c3)CC2)=C(c2ccc(Cl)cc2)C1. The lowest BCUT2D eigenvalue weighted by Crippen LogP contribution is -2.54. The lowest BCUT2D eigenvalue weighted by atomic mass is 9.72. The molecule has 5 aliphatic rings. The summed E-state index contributed by atoms with van der Waals surface area (Å²) in [6, 6.07) is 24.1. The number of allylic oxidation sites excluding steroid dienone is 1. The fourth-order valence-corrected chi connectivity index (χ4v) is 13.4. The van der Waals surface area contributed by atoms with E-state index in [9.17, 15) is 42.5 Å². The number of aromatic nitrogens is 2. The summed E-state index contributed by atoms with van der Waals surface area (Å²) in [5, 5.41) is 19.4. The Hall–Kier alpha value is -8.42.